The molecule has 0 spiro atoms. The van der Waals surface area contributed by atoms with Gasteiger partial charge in [0.15, 0.2) is 0 Å². The van der Waals surface area contributed by atoms with Crippen LogP contribution in [0.15, 0.2) is 18.2 Å². The maximum Gasteiger partial charge on any atom is 0.0595 e. The van der Waals surface area contributed by atoms with E-state index in [0.29, 0.717) is 10.0 Å². The van der Waals surface area contributed by atoms with Crippen LogP contribution in [0.25, 0.3) is 0 Å². The quantitative estimate of drug-likeness (QED) is 0.798. The Morgan fingerprint density at radius 1 is 1.14 bits per heavy atom. The van der Waals surface area contributed by atoms with Crippen molar-refractivity contribution < 1.29 is 0 Å². The van der Waals surface area contributed by atoms with Gasteiger partial charge in [-0.05, 0) is 63.5 Å². The molecule has 1 saturated heterocycles. The highest BCUT2D eigenvalue weighted by atomic mass is 35.5. The van der Waals surface area contributed by atoms with Crippen molar-refractivity contribution in [3.63, 3.8) is 0 Å². The van der Waals surface area contributed by atoms with Crippen molar-refractivity contribution in [1.29, 1.82) is 0 Å². The van der Waals surface area contributed by atoms with Crippen LogP contribution < -0.4 is 5.32 Å². The first-order valence-corrected chi connectivity index (χ1v) is 8.72. The molecule has 0 aromatic heterocycles. The number of likely N-dealkylation sites (N-methyl/N-ethyl adjacent to an activating group) is 1. The molecule has 4 heteroatoms. The van der Waals surface area contributed by atoms with Crippen LogP contribution in [0.3, 0.4) is 0 Å². The van der Waals surface area contributed by atoms with Crippen LogP contribution in [0.1, 0.15) is 51.1 Å². The zero-order valence-corrected chi connectivity index (χ0v) is 14.8. The third-order valence-corrected chi connectivity index (χ3v) is 5.80. The molecule has 1 atom stereocenters. The first-order valence-electron chi connectivity index (χ1n) is 7.96. The zero-order chi connectivity index (χ0) is 15.5. The molecule has 1 heterocycles. The molecule has 1 aliphatic rings. The fraction of sp³-hybridized carbons (Fsp3) is 0.647. The van der Waals surface area contributed by atoms with Crippen LogP contribution in [0, 0.1) is 0 Å². The highest BCUT2D eigenvalue weighted by molar-refractivity contribution is 6.42. The van der Waals surface area contributed by atoms with Crippen molar-refractivity contribution in [3.05, 3.63) is 33.8 Å². The molecule has 1 unspecified atom stereocenters. The lowest BCUT2D eigenvalue weighted by molar-refractivity contribution is 0.0647. The molecule has 21 heavy (non-hydrogen) atoms. The van der Waals surface area contributed by atoms with E-state index < -0.39 is 0 Å². The normalized spacial score (nSPS) is 18.1. The van der Waals surface area contributed by atoms with Gasteiger partial charge in [-0.3, -0.25) is 4.90 Å². The van der Waals surface area contributed by atoms with Gasteiger partial charge in [0.05, 0.1) is 16.1 Å². The summed E-state index contributed by atoms with van der Waals surface area (Å²) in [6.45, 7) is 6.98. The minimum atomic E-state index is 0.141. The number of rotatable bonds is 6. The lowest BCUT2D eigenvalue weighted by Gasteiger charge is -2.47. The Morgan fingerprint density at radius 2 is 1.76 bits per heavy atom. The summed E-state index contributed by atoms with van der Waals surface area (Å²) < 4.78 is 0. The molecule has 2 rings (SSSR count). The van der Waals surface area contributed by atoms with E-state index in [2.05, 4.69) is 30.1 Å². The Morgan fingerprint density at radius 3 is 2.24 bits per heavy atom. The van der Waals surface area contributed by atoms with E-state index in [1.807, 2.05) is 19.2 Å². The summed E-state index contributed by atoms with van der Waals surface area (Å²) in [6.07, 6.45) is 4.85. The smallest absolute Gasteiger partial charge is 0.0595 e. The van der Waals surface area contributed by atoms with Crippen LogP contribution >= 0.6 is 23.2 Å². The number of hydrogen-bond acceptors (Lipinski definition) is 2. The van der Waals surface area contributed by atoms with Gasteiger partial charge in [-0.1, -0.05) is 43.1 Å². The van der Waals surface area contributed by atoms with Crippen molar-refractivity contribution >= 4 is 23.2 Å². The van der Waals surface area contributed by atoms with Crippen molar-refractivity contribution in [3.8, 4) is 0 Å². The van der Waals surface area contributed by atoms with Gasteiger partial charge in [-0.2, -0.15) is 0 Å². The van der Waals surface area contributed by atoms with E-state index in [0.717, 1.165) is 12.8 Å². The molecule has 1 aromatic carbocycles. The molecule has 2 nitrogen and oxygen atoms in total. The number of hydrogen-bond donors (Lipinski definition) is 1. The SMILES string of the molecule is CCC(CC)(C(NC)c1ccc(Cl)c(Cl)c1)N1CCCC1. The molecule has 1 N–H and O–H groups in total. The highest BCUT2D eigenvalue weighted by Crippen LogP contribution is 2.40. The van der Waals surface area contributed by atoms with Crippen LogP contribution in [-0.4, -0.2) is 30.6 Å². The summed E-state index contributed by atoms with van der Waals surface area (Å²) in [6, 6.07) is 6.29. The van der Waals surface area contributed by atoms with Crippen molar-refractivity contribution in [2.45, 2.75) is 51.1 Å². The Labute approximate surface area is 138 Å². The van der Waals surface area contributed by atoms with Gasteiger partial charge >= 0.3 is 0 Å². The van der Waals surface area contributed by atoms with E-state index >= 15 is 0 Å². The molecule has 1 fully saturated rings. The monoisotopic (exact) mass is 328 g/mol. The van der Waals surface area contributed by atoms with Crippen LogP contribution in [0.4, 0.5) is 0 Å². The molecule has 118 valence electrons. The van der Waals surface area contributed by atoms with Crippen LogP contribution in [-0.2, 0) is 0 Å². The summed E-state index contributed by atoms with van der Waals surface area (Å²) in [7, 11) is 2.04. The van der Waals surface area contributed by atoms with Crippen LogP contribution in [0.5, 0.6) is 0 Å². The first-order chi connectivity index (χ1) is 10.1. The number of nitrogens with zero attached hydrogens (tertiary/aromatic N) is 1. The number of likely N-dealkylation sites (tertiary alicyclic amines) is 1. The maximum absolute atomic E-state index is 6.24. The summed E-state index contributed by atoms with van der Waals surface area (Å²) in [5, 5.41) is 4.80. The fourth-order valence-electron chi connectivity index (χ4n) is 3.89. The topological polar surface area (TPSA) is 15.3 Å². The molecule has 0 bridgehead atoms. The van der Waals surface area contributed by atoms with E-state index in [9.17, 15) is 0 Å². The standard InChI is InChI=1S/C17H26Cl2N2/c1-4-17(5-2,21-10-6-7-11-21)16(20-3)13-8-9-14(18)15(19)12-13/h8-9,12,16,20H,4-7,10-11H2,1-3H3. The molecule has 1 aliphatic heterocycles. The minimum Gasteiger partial charge on any atom is -0.311 e. The van der Waals surface area contributed by atoms with Gasteiger partial charge in [0.1, 0.15) is 0 Å². The molecule has 0 aliphatic carbocycles. The Balaban J connectivity index is 2.41. The summed E-state index contributed by atoms with van der Waals surface area (Å²) >= 11 is 12.3. The van der Waals surface area contributed by atoms with E-state index in [4.69, 9.17) is 23.2 Å². The minimum absolute atomic E-state index is 0.141. The van der Waals surface area contributed by atoms with Gasteiger partial charge < -0.3 is 5.32 Å². The third kappa shape index (κ3) is 3.24. The molecular weight excluding hydrogens is 303 g/mol. The second-order valence-electron chi connectivity index (χ2n) is 5.90. The maximum atomic E-state index is 6.24. The number of halogens is 2. The Bertz CT molecular complexity index is 466. The van der Waals surface area contributed by atoms with Gasteiger partial charge in [0.2, 0.25) is 0 Å². The number of benzene rings is 1. The Hall–Kier alpha value is -0.280. The predicted octanol–water partition coefficient (Wildman–Crippen LogP) is 4.91. The molecule has 0 amide bonds. The van der Waals surface area contributed by atoms with Crippen molar-refractivity contribution in [2.75, 3.05) is 20.1 Å². The summed E-state index contributed by atoms with van der Waals surface area (Å²) in [5.41, 5.74) is 1.37. The van der Waals surface area contributed by atoms with Gasteiger partial charge in [0, 0.05) is 5.54 Å². The van der Waals surface area contributed by atoms with Gasteiger partial charge in [0.25, 0.3) is 0 Å². The average molecular weight is 329 g/mol. The van der Waals surface area contributed by atoms with E-state index in [1.165, 1.54) is 31.5 Å². The summed E-state index contributed by atoms with van der Waals surface area (Å²) in [5.74, 6) is 0. The lowest BCUT2D eigenvalue weighted by atomic mass is 9.79. The fourth-order valence-corrected chi connectivity index (χ4v) is 4.19. The van der Waals surface area contributed by atoms with E-state index in [-0.39, 0.29) is 11.6 Å². The van der Waals surface area contributed by atoms with Gasteiger partial charge in [-0.25, -0.2) is 0 Å². The molecule has 0 saturated carbocycles. The highest BCUT2D eigenvalue weighted by Gasteiger charge is 2.42. The van der Waals surface area contributed by atoms with Crippen molar-refractivity contribution in [1.82, 2.24) is 10.2 Å². The van der Waals surface area contributed by atoms with Gasteiger partial charge in [-0.15, -0.1) is 0 Å². The average Bonchev–Trinajstić information content (AvgIpc) is 3.02. The van der Waals surface area contributed by atoms with E-state index in [1.54, 1.807) is 0 Å². The molecular formula is C17H26Cl2N2. The lowest BCUT2D eigenvalue weighted by Crippen LogP contribution is -2.54. The largest absolute Gasteiger partial charge is 0.311 e. The second kappa shape index (κ2) is 7.32. The predicted molar refractivity (Wildman–Crippen MR) is 92.4 cm³/mol. The number of nitrogens with one attached hydrogen (secondary N) is 1. The molecule has 0 radical (unpaired) electrons. The summed E-state index contributed by atoms with van der Waals surface area (Å²) in [4.78, 5) is 2.66. The second-order valence-corrected chi connectivity index (χ2v) is 6.71. The van der Waals surface area contributed by atoms with Crippen LogP contribution in [0.2, 0.25) is 10.0 Å². The first kappa shape index (κ1) is 17.1. The van der Waals surface area contributed by atoms with Crippen molar-refractivity contribution in [2.24, 2.45) is 0 Å². The third-order valence-electron chi connectivity index (χ3n) is 5.06. The molecule has 1 aromatic rings. The Kier molecular flexibility index (Phi) is 5.96. The zero-order valence-electron chi connectivity index (χ0n) is 13.3.